The van der Waals surface area contributed by atoms with Gasteiger partial charge >= 0.3 is 0 Å². The lowest BCUT2D eigenvalue weighted by Gasteiger charge is -2.23. The van der Waals surface area contributed by atoms with Gasteiger partial charge in [-0.15, -0.1) is 12.4 Å². The number of amides is 2. The molecule has 0 atom stereocenters. The van der Waals surface area contributed by atoms with Crippen molar-refractivity contribution in [3.63, 3.8) is 0 Å². The number of hydrogen-bond acceptors (Lipinski definition) is 3. The van der Waals surface area contributed by atoms with Crippen LogP contribution in [0.25, 0.3) is 0 Å². The van der Waals surface area contributed by atoms with Gasteiger partial charge in [-0.2, -0.15) is 0 Å². The van der Waals surface area contributed by atoms with Crippen molar-refractivity contribution < 1.29 is 9.59 Å². The highest BCUT2D eigenvalue weighted by molar-refractivity contribution is 5.97. The van der Waals surface area contributed by atoms with E-state index in [0.29, 0.717) is 43.9 Å². The quantitative estimate of drug-likeness (QED) is 0.698. The van der Waals surface area contributed by atoms with Gasteiger partial charge in [-0.05, 0) is 50.1 Å². The third-order valence-corrected chi connectivity index (χ3v) is 4.63. The third kappa shape index (κ3) is 6.36. The van der Waals surface area contributed by atoms with Crippen LogP contribution in [0.2, 0.25) is 0 Å². The van der Waals surface area contributed by atoms with E-state index in [2.05, 4.69) is 12.1 Å². The van der Waals surface area contributed by atoms with Crippen LogP contribution in [0.1, 0.15) is 40.1 Å². The van der Waals surface area contributed by atoms with Crippen LogP contribution < -0.4 is 5.73 Å². The van der Waals surface area contributed by atoms with Crippen LogP contribution in [-0.2, 0) is 6.42 Å². The van der Waals surface area contributed by atoms with E-state index in [1.54, 1.807) is 34.1 Å². The Morgan fingerprint density at radius 3 is 1.75 bits per heavy atom. The summed E-state index contributed by atoms with van der Waals surface area (Å²) in [5.41, 5.74) is 8.06. The Labute approximate surface area is 173 Å². The largest absolute Gasteiger partial charge is 0.339 e. The number of nitrogens with two attached hydrogens (primary N) is 1. The van der Waals surface area contributed by atoms with Crippen LogP contribution in [0.15, 0.2) is 54.6 Å². The monoisotopic (exact) mass is 403 g/mol. The molecule has 0 fully saturated rings. The van der Waals surface area contributed by atoms with Gasteiger partial charge in [0.25, 0.3) is 11.8 Å². The Morgan fingerprint density at radius 1 is 0.786 bits per heavy atom. The minimum atomic E-state index is -0.0572. The van der Waals surface area contributed by atoms with Crippen molar-refractivity contribution in [2.45, 2.75) is 20.3 Å². The molecule has 5 nitrogen and oxygen atoms in total. The minimum Gasteiger partial charge on any atom is -0.339 e. The van der Waals surface area contributed by atoms with Crippen LogP contribution in [0.3, 0.4) is 0 Å². The summed E-state index contributed by atoms with van der Waals surface area (Å²) >= 11 is 0. The second kappa shape index (κ2) is 12.2. The first-order valence-corrected chi connectivity index (χ1v) is 9.53. The van der Waals surface area contributed by atoms with Crippen molar-refractivity contribution in [2.24, 2.45) is 5.73 Å². The molecule has 0 radical (unpaired) electrons. The lowest BCUT2D eigenvalue weighted by Crippen LogP contribution is -2.37. The zero-order chi connectivity index (χ0) is 19.6. The molecule has 0 spiro atoms. The van der Waals surface area contributed by atoms with Crippen molar-refractivity contribution in [1.29, 1.82) is 0 Å². The van der Waals surface area contributed by atoms with E-state index < -0.39 is 0 Å². The fourth-order valence-corrected chi connectivity index (χ4v) is 3.01. The predicted octanol–water partition coefficient (Wildman–Crippen LogP) is 3.23. The molecule has 0 unspecified atom stereocenters. The molecule has 0 aliphatic rings. The first-order valence-electron chi connectivity index (χ1n) is 9.53. The van der Waals surface area contributed by atoms with Crippen LogP contribution in [0.4, 0.5) is 0 Å². The molecule has 2 aromatic carbocycles. The number of benzene rings is 2. The van der Waals surface area contributed by atoms with Crippen molar-refractivity contribution in [3.8, 4) is 0 Å². The summed E-state index contributed by atoms with van der Waals surface area (Å²) in [7, 11) is 0. The molecule has 0 aliphatic carbocycles. The van der Waals surface area contributed by atoms with Gasteiger partial charge in [0.1, 0.15) is 0 Å². The lowest BCUT2D eigenvalue weighted by atomic mass is 10.1. The fraction of sp³-hybridized carbons (Fsp3) is 0.364. The highest BCUT2D eigenvalue weighted by Crippen LogP contribution is 2.11. The Balaban J connectivity index is 0.00000392. The van der Waals surface area contributed by atoms with Crippen molar-refractivity contribution in [2.75, 3.05) is 32.7 Å². The van der Waals surface area contributed by atoms with Gasteiger partial charge in [0.05, 0.1) is 0 Å². The standard InChI is InChI=1S/C22H29N3O2.ClH/c1-3-24(4-2)21(26)19-10-12-20(13-11-19)22(27)25(17-15-23)16-14-18-8-6-5-7-9-18;/h5-13H,3-4,14-17,23H2,1-2H3;1H. The Bertz CT molecular complexity index is 731. The number of hydrogen-bond donors (Lipinski definition) is 1. The SMILES string of the molecule is CCN(CC)C(=O)c1ccc(C(=O)N(CCN)CCc2ccccc2)cc1.Cl. The minimum absolute atomic E-state index is 0. The van der Waals surface area contributed by atoms with Crippen molar-refractivity contribution in [3.05, 3.63) is 71.3 Å². The van der Waals surface area contributed by atoms with Gasteiger partial charge in [-0.3, -0.25) is 9.59 Å². The van der Waals surface area contributed by atoms with Crippen molar-refractivity contribution in [1.82, 2.24) is 9.80 Å². The predicted molar refractivity (Wildman–Crippen MR) is 116 cm³/mol. The van der Waals surface area contributed by atoms with E-state index in [4.69, 9.17) is 5.73 Å². The smallest absolute Gasteiger partial charge is 0.253 e. The number of carbonyl (C=O) groups is 2. The first kappa shape index (κ1) is 23.7. The van der Waals surface area contributed by atoms with Gasteiger partial charge in [-0.1, -0.05) is 30.3 Å². The molecule has 0 bridgehead atoms. The summed E-state index contributed by atoms with van der Waals surface area (Å²) in [5.74, 6) is -0.0693. The fourth-order valence-electron chi connectivity index (χ4n) is 3.01. The number of rotatable bonds is 9. The van der Waals surface area contributed by atoms with E-state index in [0.717, 1.165) is 6.42 Å². The summed E-state index contributed by atoms with van der Waals surface area (Å²) in [6.07, 6.45) is 0.783. The van der Waals surface area contributed by atoms with Crippen molar-refractivity contribution >= 4 is 24.2 Å². The van der Waals surface area contributed by atoms with Gasteiger partial charge in [0, 0.05) is 43.9 Å². The molecule has 2 rings (SSSR count). The van der Waals surface area contributed by atoms with E-state index in [9.17, 15) is 9.59 Å². The molecular formula is C22H30ClN3O2. The average molecular weight is 404 g/mol. The number of nitrogens with zero attached hydrogens (tertiary/aromatic N) is 2. The van der Waals surface area contributed by atoms with Crippen LogP contribution in [-0.4, -0.2) is 54.3 Å². The Hall–Kier alpha value is -2.37. The zero-order valence-corrected chi connectivity index (χ0v) is 17.5. The van der Waals surface area contributed by atoms with Gasteiger partial charge in [0.2, 0.25) is 0 Å². The molecule has 2 N–H and O–H groups in total. The molecule has 28 heavy (non-hydrogen) atoms. The normalized spacial score (nSPS) is 10.1. The van der Waals surface area contributed by atoms with E-state index in [1.807, 2.05) is 32.0 Å². The number of carbonyl (C=O) groups excluding carboxylic acids is 2. The zero-order valence-electron chi connectivity index (χ0n) is 16.6. The van der Waals surface area contributed by atoms with Gasteiger partial charge < -0.3 is 15.5 Å². The molecule has 0 saturated carbocycles. The highest BCUT2D eigenvalue weighted by atomic mass is 35.5. The van der Waals surface area contributed by atoms with E-state index >= 15 is 0 Å². The summed E-state index contributed by atoms with van der Waals surface area (Å²) in [5, 5.41) is 0. The molecule has 0 heterocycles. The Kier molecular flexibility index (Phi) is 10.3. The topological polar surface area (TPSA) is 66.6 Å². The van der Waals surface area contributed by atoms with E-state index in [-0.39, 0.29) is 24.2 Å². The highest BCUT2D eigenvalue weighted by Gasteiger charge is 2.17. The maximum atomic E-state index is 12.9. The summed E-state index contributed by atoms with van der Waals surface area (Å²) in [6, 6.07) is 17.0. The molecule has 2 aromatic rings. The maximum Gasteiger partial charge on any atom is 0.253 e. The second-order valence-electron chi connectivity index (χ2n) is 6.37. The summed E-state index contributed by atoms with van der Waals surface area (Å²) in [4.78, 5) is 28.8. The van der Waals surface area contributed by atoms with Crippen LogP contribution in [0, 0.1) is 0 Å². The number of halogens is 1. The molecule has 0 saturated heterocycles. The maximum absolute atomic E-state index is 12.9. The van der Waals surface area contributed by atoms with Crippen LogP contribution >= 0.6 is 12.4 Å². The summed E-state index contributed by atoms with van der Waals surface area (Å²) < 4.78 is 0. The molecule has 0 aromatic heterocycles. The first-order chi connectivity index (χ1) is 13.1. The molecular weight excluding hydrogens is 374 g/mol. The second-order valence-corrected chi connectivity index (χ2v) is 6.37. The third-order valence-electron chi connectivity index (χ3n) is 4.63. The van der Waals surface area contributed by atoms with Gasteiger partial charge in [-0.25, -0.2) is 0 Å². The molecule has 2 amide bonds. The van der Waals surface area contributed by atoms with Crippen LogP contribution in [0.5, 0.6) is 0 Å². The molecule has 0 aliphatic heterocycles. The van der Waals surface area contributed by atoms with E-state index in [1.165, 1.54) is 5.56 Å². The van der Waals surface area contributed by atoms with Gasteiger partial charge in [0.15, 0.2) is 0 Å². The summed E-state index contributed by atoms with van der Waals surface area (Å²) in [6.45, 7) is 6.78. The lowest BCUT2D eigenvalue weighted by molar-refractivity contribution is 0.0754. The molecule has 6 heteroatoms. The molecule has 152 valence electrons. The average Bonchev–Trinajstić information content (AvgIpc) is 2.72. The Morgan fingerprint density at radius 2 is 1.29 bits per heavy atom.